The van der Waals surface area contributed by atoms with Crippen molar-refractivity contribution in [2.75, 3.05) is 29.9 Å². The zero-order chi connectivity index (χ0) is 18.1. The highest BCUT2D eigenvalue weighted by Gasteiger charge is 2.21. The second kappa shape index (κ2) is 7.94. The summed E-state index contributed by atoms with van der Waals surface area (Å²) in [6.07, 6.45) is 0.609. The van der Waals surface area contributed by atoms with E-state index in [1.165, 1.54) is 0 Å². The summed E-state index contributed by atoms with van der Waals surface area (Å²) in [5, 5.41) is 8.58. The third-order valence-electron chi connectivity index (χ3n) is 4.75. The minimum atomic E-state index is -0.379. The van der Waals surface area contributed by atoms with Crippen molar-refractivity contribution in [3.05, 3.63) is 58.9 Å². The molecule has 0 atom stereocenters. The second-order valence-corrected chi connectivity index (χ2v) is 6.38. The van der Waals surface area contributed by atoms with E-state index in [9.17, 15) is 14.0 Å². The van der Waals surface area contributed by atoms with Crippen molar-refractivity contribution in [1.82, 2.24) is 10.6 Å². The first kappa shape index (κ1) is 19.1. The fourth-order valence-corrected chi connectivity index (χ4v) is 3.34. The lowest BCUT2D eigenvalue weighted by atomic mass is 9.99. The van der Waals surface area contributed by atoms with Crippen molar-refractivity contribution in [3.8, 4) is 0 Å². The molecule has 2 aliphatic heterocycles. The summed E-state index contributed by atoms with van der Waals surface area (Å²) in [5.41, 5.74) is 2.92. The van der Waals surface area contributed by atoms with Crippen LogP contribution in [0.25, 0.3) is 0 Å². The minimum absolute atomic E-state index is 0. The van der Waals surface area contributed by atoms with Crippen molar-refractivity contribution in [2.24, 2.45) is 0 Å². The van der Waals surface area contributed by atoms with E-state index in [-0.39, 0.29) is 35.8 Å². The molecule has 2 heterocycles. The van der Waals surface area contributed by atoms with Crippen molar-refractivity contribution < 1.29 is 14.0 Å². The van der Waals surface area contributed by atoms with E-state index in [1.807, 2.05) is 6.07 Å². The molecule has 4 rings (SSSR count). The van der Waals surface area contributed by atoms with Crippen molar-refractivity contribution in [3.63, 3.8) is 0 Å². The van der Waals surface area contributed by atoms with Gasteiger partial charge in [0, 0.05) is 30.9 Å². The number of rotatable bonds is 3. The number of benzene rings is 2. The number of carbonyl (C=O) groups excluding carboxylic acids is 2. The fourth-order valence-electron chi connectivity index (χ4n) is 3.34. The maximum absolute atomic E-state index is 14.6. The number of amides is 3. The highest BCUT2D eigenvalue weighted by atomic mass is 35.5. The third-order valence-corrected chi connectivity index (χ3v) is 4.75. The summed E-state index contributed by atoms with van der Waals surface area (Å²) in [6.45, 7) is 2.58. The van der Waals surface area contributed by atoms with Gasteiger partial charge in [-0.1, -0.05) is 6.07 Å². The van der Waals surface area contributed by atoms with Gasteiger partial charge in [-0.15, -0.1) is 12.4 Å². The normalized spacial score (nSPS) is 15.6. The number of nitrogens with one attached hydrogen (secondary N) is 3. The van der Waals surface area contributed by atoms with Gasteiger partial charge in [0.15, 0.2) is 0 Å². The molecule has 3 N–H and O–H groups in total. The summed E-state index contributed by atoms with van der Waals surface area (Å²) >= 11 is 0. The molecule has 142 valence electrons. The number of urea groups is 1. The number of hydrogen-bond donors (Lipinski definition) is 3. The van der Waals surface area contributed by atoms with Gasteiger partial charge in [-0.25, -0.2) is 9.18 Å². The van der Waals surface area contributed by atoms with Crippen molar-refractivity contribution in [2.45, 2.75) is 13.0 Å². The van der Waals surface area contributed by atoms with E-state index >= 15 is 0 Å². The summed E-state index contributed by atoms with van der Waals surface area (Å²) in [4.78, 5) is 25.7. The maximum Gasteiger partial charge on any atom is 0.321 e. The van der Waals surface area contributed by atoms with Crippen LogP contribution in [0.2, 0.25) is 0 Å². The van der Waals surface area contributed by atoms with Crippen LogP contribution in [0.4, 0.5) is 20.6 Å². The number of nitrogens with zero attached hydrogens (tertiary/aromatic N) is 1. The Morgan fingerprint density at radius 3 is 2.59 bits per heavy atom. The molecule has 0 spiro atoms. The highest BCUT2D eigenvalue weighted by Crippen LogP contribution is 2.25. The molecule has 0 aliphatic carbocycles. The van der Waals surface area contributed by atoms with E-state index in [0.29, 0.717) is 37.2 Å². The van der Waals surface area contributed by atoms with Gasteiger partial charge in [0.1, 0.15) is 5.82 Å². The number of halogens is 2. The SMILES string of the molecule is Cl.O=C(Nc1ccc2c(c1F)CCNC2)c1ccc(N2CCNC2=O)cc1. The molecule has 1 fully saturated rings. The van der Waals surface area contributed by atoms with Gasteiger partial charge in [-0.2, -0.15) is 0 Å². The Balaban J connectivity index is 0.00000210. The molecule has 1 saturated heterocycles. The summed E-state index contributed by atoms with van der Waals surface area (Å²) < 4.78 is 14.6. The van der Waals surface area contributed by atoms with Crippen LogP contribution >= 0.6 is 12.4 Å². The molecule has 0 unspecified atom stereocenters. The minimum Gasteiger partial charge on any atom is -0.336 e. The molecule has 0 bridgehead atoms. The van der Waals surface area contributed by atoms with Crippen LogP contribution in [-0.4, -0.2) is 31.6 Å². The summed E-state index contributed by atoms with van der Waals surface area (Å²) in [6, 6.07) is 10.0. The molecule has 0 radical (unpaired) electrons. The smallest absolute Gasteiger partial charge is 0.321 e. The lowest BCUT2D eigenvalue weighted by Crippen LogP contribution is -2.27. The Kier molecular flexibility index (Phi) is 5.62. The van der Waals surface area contributed by atoms with E-state index in [4.69, 9.17) is 0 Å². The van der Waals surface area contributed by atoms with E-state index < -0.39 is 0 Å². The lowest BCUT2D eigenvalue weighted by Gasteiger charge is -2.19. The van der Waals surface area contributed by atoms with Crippen LogP contribution in [0.15, 0.2) is 36.4 Å². The monoisotopic (exact) mass is 390 g/mol. The Labute approximate surface area is 162 Å². The highest BCUT2D eigenvalue weighted by molar-refractivity contribution is 6.05. The van der Waals surface area contributed by atoms with Crippen molar-refractivity contribution in [1.29, 1.82) is 0 Å². The standard InChI is InChI=1S/C19H19FN4O2.ClH/c20-17-15-7-8-21-11-13(15)3-6-16(17)23-18(25)12-1-4-14(5-2-12)24-10-9-22-19(24)26;/h1-6,21H,7-11H2,(H,22,26)(H,23,25);1H. The van der Waals surface area contributed by atoms with Gasteiger partial charge in [0.05, 0.1) is 5.69 Å². The second-order valence-electron chi connectivity index (χ2n) is 6.38. The molecule has 6 nitrogen and oxygen atoms in total. The van der Waals surface area contributed by atoms with E-state index in [0.717, 1.165) is 17.8 Å². The van der Waals surface area contributed by atoms with Gasteiger partial charge >= 0.3 is 6.03 Å². The van der Waals surface area contributed by atoms with Crippen molar-refractivity contribution >= 4 is 35.7 Å². The number of hydrogen-bond acceptors (Lipinski definition) is 3. The zero-order valence-corrected chi connectivity index (χ0v) is 15.4. The van der Waals surface area contributed by atoms with Gasteiger partial charge in [0.25, 0.3) is 5.91 Å². The third kappa shape index (κ3) is 3.74. The fraction of sp³-hybridized carbons (Fsp3) is 0.263. The molecule has 0 aromatic heterocycles. The molecule has 3 amide bonds. The summed E-state index contributed by atoms with van der Waals surface area (Å²) in [5.74, 6) is -0.738. The molecule has 2 aromatic carbocycles. The topological polar surface area (TPSA) is 73.5 Å². The summed E-state index contributed by atoms with van der Waals surface area (Å²) in [7, 11) is 0. The quantitative estimate of drug-likeness (QED) is 0.754. The van der Waals surface area contributed by atoms with Crippen LogP contribution < -0.4 is 20.9 Å². The maximum atomic E-state index is 14.6. The predicted octanol–water partition coefficient (Wildman–Crippen LogP) is 2.68. The van der Waals surface area contributed by atoms with Gasteiger partial charge in [-0.3, -0.25) is 9.69 Å². The number of anilines is 2. The Hall–Kier alpha value is -2.64. The van der Waals surface area contributed by atoms with Crippen LogP contribution in [0.1, 0.15) is 21.5 Å². The first-order valence-electron chi connectivity index (χ1n) is 8.61. The molecular weight excluding hydrogens is 371 g/mol. The number of carbonyl (C=O) groups is 2. The zero-order valence-electron chi connectivity index (χ0n) is 14.5. The predicted molar refractivity (Wildman–Crippen MR) is 104 cm³/mol. The molecule has 2 aromatic rings. The first-order valence-corrected chi connectivity index (χ1v) is 8.61. The molecule has 0 saturated carbocycles. The largest absolute Gasteiger partial charge is 0.336 e. The molecule has 2 aliphatic rings. The Bertz CT molecular complexity index is 873. The molecule has 27 heavy (non-hydrogen) atoms. The van der Waals surface area contributed by atoms with Crippen LogP contribution in [0.5, 0.6) is 0 Å². The lowest BCUT2D eigenvalue weighted by molar-refractivity contribution is 0.102. The number of fused-ring (bicyclic) bond motifs is 1. The van der Waals surface area contributed by atoms with E-state index in [2.05, 4.69) is 16.0 Å². The van der Waals surface area contributed by atoms with Gasteiger partial charge in [0.2, 0.25) is 0 Å². The Morgan fingerprint density at radius 2 is 1.89 bits per heavy atom. The average Bonchev–Trinajstić information content (AvgIpc) is 3.10. The average molecular weight is 391 g/mol. The van der Waals surface area contributed by atoms with Crippen LogP contribution in [-0.2, 0) is 13.0 Å². The van der Waals surface area contributed by atoms with Crippen LogP contribution in [0.3, 0.4) is 0 Å². The van der Waals surface area contributed by atoms with Crippen LogP contribution in [0, 0.1) is 5.82 Å². The van der Waals surface area contributed by atoms with Gasteiger partial charge < -0.3 is 16.0 Å². The van der Waals surface area contributed by atoms with E-state index in [1.54, 1.807) is 35.2 Å². The first-order chi connectivity index (χ1) is 12.6. The van der Waals surface area contributed by atoms with Gasteiger partial charge in [-0.05, 0) is 54.4 Å². The molecule has 8 heteroatoms. The molecular formula is C19H20ClFN4O2. The Morgan fingerprint density at radius 1 is 1.11 bits per heavy atom.